The van der Waals surface area contributed by atoms with Crippen molar-refractivity contribution in [3.63, 3.8) is 0 Å². The summed E-state index contributed by atoms with van der Waals surface area (Å²) in [5.74, 6) is -2.25. The molecule has 0 amide bonds. The Morgan fingerprint density at radius 2 is 1.89 bits per heavy atom. The van der Waals surface area contributed by atoms with Crippen LogP contribution in [-0.4, -0.2) is 99.0 Å². The van der Waals surface area contributed by atoms with Gasteiger partial charge < -0.3 is 49.6 Å². The lowest BCUT2D eigenvalue weighted by atomic mass is 9.81. The Morgan fingerprint density at radius 3 is 2.50 bits per heavy atom. The van der Waals surface area contributed by atoms with Crippen LogP contribution in [-0.2, 0) is 23.7 Å². The van der Waals surface area contributed by atoms with Gasteiger partial charge in [-0.3, -0.25) is 0 Å². The Bertz CT molecular complexity index is 618. The molecule has 0 spiro atoms. The molecule has 11 nitrogen and oxygen atoms in total. The van der Waals surface area contributed by atoms with E-state index >= 15 is 0 Å². The fraction of sp³-hybridized carbons (Fsp3) is 0.824. The SMILES string of the molecule is COC(=O)C1=COC(OC2OC(CO)C(O)C(O)C2O)C2C1CC(O)C2(C)O. The molecule has 10 atom stereocenters. The summed E-state index contributed by atoms with van der Waals surface area (Å²) >= 11 is 0. The Labute approximate surface area is 160 Å². The second-order valence-corrected chi connectivity index (χ2v) is 7.51. The van der Waals surface area contributed by atoms with Crippen molar-refractivity contribution in [3.05, 3.63) is 11.8 Å². The summed E-state index contributed by atoms with van der Waals surface area (Å²) in [6, 6.07) is 0. The van der Waals surface area contributed by atoms with Gasteiger partial charge in [-0.2, -0.15) is 0 Å². The first-order chi connectivity index (χ1) is 13.1. The molecule has 6 N–H and O–H groups in total. The van der Waals surface area contributed by atoms with Crippen LogP contribution in [0.25, 0.3) is 0 Å². The van der Waals surface area contributed by atoms with Crippen LogP contribution < -0.4 is 0 Å². The van der Waals surface area contributed by atoms with Gasteiger partial charge in [0.15, 0.2) is 6.29 Å². The Morgan fingerprint density at radius 1 is 1.21 bits per heavy atom. The second kappa shape index (κ2) is 7.84. The maximum absolute atomic E-state index is 12.0. The van der Waals surface area contributed by atoms with Gasteiger partial charge >= 0.3 is 5.97 Å². The fourth-order valence-corrected chi connectivity index (χ4v) is 4.10. The molecule has 3 aliphatic rings. The number of esters is 1. The zero-order valence-electron chi connectivity index (χ0n) is 15.4. The normalized spacial score (nSPS) is 48.4. The van der Waals surface area contributed by atoms with E-state index in [4.69, 9.17) is 18.9 Å². The number of carbonyl (C=O) groups is 1. The van der Waals surface area contributed by atoms with E-state index in [2.05, 4.69) is 0 Å². The number of rotatable bonds is 4. The molecule has 160 valence electrons. The van der Waals surface area contributed by atoms with E-state index < -0.39 is 73.1 Å². The van der Waals surface area contributed by atoms with Crippen LogP contribution in [0.5, 0.6) is 0 Å². The summed E-state index contributed by atoms with van der Waals surface area (Å²) in [4.78, 5) is 12.0. The highest BCUT2D eigenvalue weighted by Crippen LogP contribution is 2.49. The van der Waals surface area contributed by atoms with Crippen LogP contribution in [0.3, 0.4) is 0 Å². The zero-order valence-corrected chi connectivity index (χ0v) is 15.4. The number of hydrogen-bond acceptors (Lipinski definition) is 11. The number of carbonyl (C=O) groups excluding carboxylic acids is 1. The molecule has 11 heteroatoms. The van der Waals surface area contributed by atoms with E-state index in [9.17, 15) is 35.4 Å². The summed E-state index contributed by atoms with van der Waals surface area (Å²) in [5.41, 5.74) is -1.57. The van der Waals surface area contributed by atoms with E-state index in [-0.39, 0.29) is 12.0 Å². The van der Waals surface area contributed by atoms with Crippen LogP contribution in [0.2, 0.25) is 0 Å². The molecule has 0 aromatic carbocycles. The predicted octanol–water partition coefficient (Wildman–Crippen LogP) is -3.04. The lowest BCUT2D eigenvalue weighted by Gasteiger charge is -2.44. The number of ether oxygens (including phenoxy) is 4. The topological polar surface area (TPSA) is 175 Å². The maximum Gasteiger partial charge on any atom is 0.337 e. The quantitative estimate of drug-likeness (QED) is 0.262. The molecular weight excluding hydrogens is 380 g/mol. The molecule has 0 aromatic heterocycles. The number of aliphatic hydroxyl groups is 6. The minimum absolute atomic E-state index is 0.0521. The van der Waals surface area contributed by atoms with Crippen LogP contribution in [0, 0.1) is 11.8 Å². The van der Waals surface area contributed by atoms with Gasteiger partial charge in [-0.25, -0.2) is 4.79 Å². The average Bonchev–Trinajstić information content (AvgIpc) is 2.91. The van der Waals surface area contributed by atoms with Crippen molar-refractivity contribution in [2.75, 3.05) is 13.7 Å². The molecule has 2 aliphatic heterocycles. The predicted molar refractivity (Wildman–Crippen MR) is 88.1 cm³/mol. The first-order valence-electron chi connectivity index (χ1n) is 8.93. The maximum atomic E-state index is 12.0. The van der Waals surface area contributed by atoms with Gasteiger partial charge in [0, 0.05) is 5.92 Å². The number of fused-ring (bicyclic) bond motifs is 1. The number of aliphatic hydroxyl groups excluding tert-OH is 5. The fourth-order valence-electron chi connectivity index (χ4n) is 4.10. The van der Waals surface area contributed by atoms with Gasteiger partial charge in [0.05, 0.1) is 43.2 Å². The third-order valence-electron chi connectivity index (χ3n) is 5.82. The van der Waals surface area contributed by atoms with Gasteiger partial charge in [-0.1, -0.05) is 0 Å². The van der Waals surface area contributed by atoms with E-state index in [1.54, 1.807) is 0 Å². The molecule has 2 heterocycles. The number of methoxy groups -OCH3 is 1. The highest BCUT2D eigenvalue weighted by atomic mass is 16.8. The van der Waals surface area contributed by atoms with Crippen molar-refractivity contribution in [1.82, 2.24) is 0 Å². The van der Waals surface area contributed by atoms with Gasteiger partial charge in [0.25, 0.3) is 0 Å². The van der Waals surface area contributed by atoms with E-state index in [1.165, 1.54) is 14.0 Å². The van der Waals surface area contributed by atoms with Crippen molar-refractivity contribution < 1.29 is 54.4 Å². The van der Waals surface area contributed by atoms with Gasteiger partial charge in [-0.15, -0.1) is 0 Å². The lowest BCUT2D eigenvalue weighted by Crippen LogP contribution is -2.61. The van der Waals surface area contributed by atoms with Crippen molar-refractivity contribution >= 4 is 5.97 Å². The minimum atomic E-state index is -1.70. The lowest BCUT2D eigenvalue weighted by molar-refractivity contribution is -0.347. The van der Waals surface area contributed by atoms with Crippen LogP contribution in [0.1, 0.15) is 13.3 Å². The minimum Gasteiger partial charge on any atom is -0.471 e. The van der Waals surface area contributed by atoms with Crippen molar-refractivity contribution in [3.8, 4) is 0 Å². The standard InChI is InChI=1S/C17H26O11/c1-17(24)9(19)3-6-7(14(23)25-2)5-26-15(10(6)17)28-16-13(22)12(21)11(20)8(4-18)27-16/h5-6,8-13,15-16,18-22,24H,3-4H2,1-2H3. The molecule has 10 unspecified atom stereocenters. The van der Waals surface area contributed by atoms with Crippen molar-refractivity contribution in [2.24, 2.45) is 11.8 Å². The molecule has 1 saturated carbocycles. The smallest absolute Gasteiger partial charge is 0.337 e. The molecule has 2 fully saturated rings. The first-order valence-corrected chi connectivity index (χ1v) is 8.93. The molecule has 0 radical (unpaired) electrons. The van der Waals surface area contributed by atoms with Gasteiger partial charge in [-0.05, 0) is 13.3 Å². The Balaban J connectivity index is 1.85. The Kier molecular flexibility index (Phi) is 5.99. The van der Waals surface area contributed by atoms with Crippen LogP contribution in [0.4, 0.5) is 0 Å². The molecule has 0 aromatic rings. The number of hydrogen-bond donors (Lipinski definition) is 6. The summed E-state index contributed by atoms with van der Waals surface area (Å²) in [6.45, 7) is 0.737. The van der Waals surface area contributed by atoms with Crippen molar-refractivity contribution in [1.29, 1.82) is 0 Å². The first kappa shape index (κ1) is 21.4. The van der Waals surface area contributed by atoms with Gasteiger partial charge in [0.2, 0.25) is 6.29 Å². The third-order valence-corrected chi connectivity index (χ3v) is 5.82. The molecule has 3 rings (SSSR count). The monoisotopic (exact) mass is 406 g/mol. The van der Waals surface area contributed by atoms with E-state index in [1.807, 2.05) is 0 Å². The zero-order chi connectivity index (χ0) is 20.8. The molecule has 1 saturated heterocycles. The average molecular weight is 406 g/mol. The molecule has 1 aliphatic carbocycles. The Hall–Kier alpha value is -1.31. The highest BCUT2D eigenvalue weighted by molar-refractivity contribution is 5.89. The third kappa shape index (κ3) is 3.42. The summed E-state index contributed by atoms with van der Waals surface area (Å²) in [6.07, 6.45) is -8.83. The summed E-state index contributed by atoms with van der Waals surface area (Å²) < 4.78 is 21.1. The molecule has 28 heavy (non-hydrogen) atoms. The highest BCUT2D eigenvalue weighted by Gasteiger charge is 2.60. The van der Waals surface area contributed by atoms with E-state index in [0.29, 0.717) is 0 Å². The summed E-state index contributed by atoms with van der Waals surface area (Å²) in [7, 11) is 1.19. The van der Waals surface area contributed by atoms with Crippen molar-refractivity contribution in [2.45, 2.75) is 62.0 Å². The largest absolute Gasteiger partial charge is 0.471 e. The second-order valence-electron chi connectivity index (χ2n) is 7.51. The summed E-state index contributed by atoms with van der Waals surface area (Å²) in [5, 5.41) is 60.2. The van der Waals surface area contributed by atoms with E-state index in [0.717, 1.165) is 6.26 Å². The molecule has 0 bridgehead atoms. The van der Waals surface area contributed by atoms with Gasteiger partial charge in [0.1, 0.15) is 24.4 Å². The van der Waals surface area contributed by atoms with Crippen LogP contribution >= 0.6 is 0 Å². The molecular formula is C17H26O11. The van der Waals surface area contributed by atoms with Crippen LogP contribution in [0.15, 0.2) is 11.8 Å².